The highest BCUT2D eigenvalue weighted by Gasteiger charge is 2.46. The molecular weight excluding hydrogens is 214 g/mol. The van der Waals surface area contributed by atoms with Crippen molar-refractivity contribution in [3.8, 4) is 0 Å². The Labute approximate surface area is 104 Å². The fraction of sp³-hybridized carbons (Fsp3) is 0.929. The van der Waals surface area contributed by atoms with E-state index in [0.29, 0.717) is 6.04 Å². The van der Waals surface area contributed by atoms with Gasteiger partial charge in [0.05, 0.1) is 0 Å². The zero-order valence-electron chi connectivity index (χ0n) is 11.1. The van der Waals surface area contributed by atoms with Gasteiger partial charge in [-0.15, -0.1) is 0 Å². The van der Waals surface area contributed by atoms with Gasteiger partial charge >= 0.3 is 5.97 Å². The maximum atomic E-state index is 11.8. The van der Waals surface area contributed by atoms with Crippen LogP contribution in [0.5, 0.6) is 0 Å². The molecule has 1 atom stereocenters. The molecule has 1 unspecified atom stereocenters. The Balaban J connectivity index is 2.15. The van der Waals surface area contributed by atoms with E-state index in [1.54, 1.807) is 0 Å². The number of carboxylic acid groups (broad SMARTS) is 1. The van der Waals surface area contributed by atoms with Crippen LogP contribution in [0.3, 0.4) is 0 Å². The fourth-order valence-electron chi connectivity index (χ4n) is 3.32. The average Bonchev–Trinajstić information content (AvgIpc) is 3.13. The molecule has 1 N–H and O–H groups in total. The Morgan fingerprint density at radius 3 is 2.18 bits per heavy atom. The van der Waals surface area contributed by atoms with Crippen molar-refractivity contribution in [1.82, 2.24) is 4.90 Å². The van der Waals surface area contributed by atoms with Crippen LogP contribution in [-0.2, 0) is 4.79 Å². The van der Waals surface area contributed by atoms with Crippen molar-refractivity contribution in [3.05, 3.63) is 0 Å². The Kier molecular flexibility index (Phi) is 3.76. The molecule has 0 radical (unpaired) electrons. The fourth-order valence-corrected chi connectivity index (χ4v) is 3.32. The first-order chi connectivity index (χ1) is 8.08. The summed E-state index contributed by atoms with van der Waals surface area (Å²) in [7, 11) is 2.03. The molecule has 3 nitrogen and oxygen atoms in total. The van der Waals surface area contributed by atoms with Crippen LogP contribution in [-0.4, -0.2) is 34.6 Å². The van der Waals surface area contributed by atoms with E-state index in [1.807, 2.05) is 7.05 Å². The van der Waals surface area contributed by atoms with Crippen LogP contribution in [0.25, 0.3) is 0 Å². The quantitative estimate of drug-likeness (QED) is 0.767. The van der Waals surface area contributed by atoms with Gasteiger partial charge in [-0.25, -0.2) is 0 Å². The molecule has 2 rings (SSSR count). The summed E-state index contributed by atoms with van der Waals surface area (Å²) in [4.78, 5) is 14.0. The molecule has 98 valence electrons. The van der Waals surface area contributed by atoms with Gasteiger partial charge < -0.3 is 5.11 Å². The van der Waals surface area contributed by atoms with Crippen molar-refractivity contribution < 1.29 is 9.90 Å². The number of carboxylic acids is 1. The van der Waals surface area contributed by atoms with Gasteiger partial charge in [0, 0.05) is 6.04 Å². The van der Waals surface area contributed by atoms with Crippen LogP contribution in [0.2, 0.25) is 0 Å². The molecule has 0 aromatic rings. The Morgan fingerprint density at radius 1 is 1.24 bits per heavy atom. The van der Waals surface area contributed by atoms with E-state index in [4.69, 9.17) is 0 Å². The van der Waals surface area contributed by atoms with Gasteiger partial charge in [-0.05, 0) is 45.6 Å². The lowest BCUT2D eigenvalue weighted by Crippen LogP contribution is -2.56. The molecule has 0 amide bonds. The molecule has 2 aliphatic rings. The molecular formula is C14H25NO2. The normalized spacial score (nSPS) is 26.5. The lowest BCUT2D eigenvalue weighted by Gasteiger charge is -2.41. The van der Waals surface area contributed by atoms with Gasteiger partial charge in [0.2, 0.25) is 0 Å². The van der Waals surface area contributed by atoms with E-state index in [9.17, 15) is 9.90 Å². The molecule has 2 aliphatic carbocycles. The van der Waals surface area contributed by atoms with E-state index >= 15 is 0 Å². The third kappa shape index (κ3) is 2.49. The maximum Gasteiger partial charge on any atom is 0.324 e. The largest absolute Gasteiger partial charge is 0.480 e. The van der Waals surface area contributed by atoms with Crippen molar-refractivity contribution >= 4 is 5.97 Å². The van der Waals surface area contributed by atoms with Gasteiger partial charge in [0.25, 0.3) is 0 Å². The van der Waals surface area contributed by atoms with Crippen LogP contribution < -0.4 is 0 Å². The van der Waals surface area contributed by atoms with Crippen molar-refractivity contribution in [3.63, 3.8) is 0 Å². The van der Waals surface area contributed by atoms with Crippen LogP contribution in [0.15, 0.2) is 0 Å². The third-order valence-corrected chi connectivity index (χ3v) is 4.92. The van der Waals surface area contributed by atoms with Crippen molar-refractivity contribution in [1.29, 1.82) is 0 Å². The predicted molar refractivity (Wildman–Crippen MR) is 68.0 cm³/mol. The van der Waals surface area contributed by atoms with Crippen molar-refractivity contribution in [2.45, 2.75) is 69.9 Å². The van der Waals surface area contributed by atoms with Gasteiger partial charge in [-0.1, -0.05) is 25.7 Å². The molecule has 0 aliphatic heterocycles. The summed E-state index contributed by atoms with van der Waals surface area (Å²) in [6.45, 7) is 2.20. The highest BCUT2D eigenvalue weighted by atomic mass is 16.4. The first-order valence-electron chi connectivity index (χ1n) is 7.04. The van der Waals surface area contributed by atoms with E-state index in [2.05, 4.69) is 11.8 Å². The van der Waals surface area contributed by atoms with E-state index in [1.165, 1.54) is 25.7 Å². The molecule has 17 heavy (non-hydrogen) atoms. The lowest BCUT2D eigenvalue weighted by molar-refractivity contribution is -0.153. The highest BCUT2D eigenvalue weighted by molar-refractivity contribution is 5.78. The third-order valence-electron chi connectivity index (χ3n) is 4.92. The standard InChI is InChI=1S/C14H25NO2/c1-11(12-7-8-12)15(2)14(13(16)17)9-5-3-4-6-10-14/h11-12H,3-10H2,1-2H3,(H,16,17). The second-order valence-corrected chi connectivity index (χ2v) is 5.94. The Bertz CT molecular complexity index is 278. The topological polar surface area (TPSA) is 40.5 Å². The number of rotatable bonds is 4. The number of carbonyl (C=O) groups is 1. The monoisotopic (exact) mass is 239 g/mol. The molecule has 0 bridgehead atoms. The average molecular weight is 239 g/mol. The number of likely N-dealkylation sites (N-methyl/N-ethyl adjacent to an activating group) is 1. The number of hydrogen-bond donors (Lipinski definition) is 1. The summed E-state index contributed by atoms with van der Waals surface area (Å²) in [6.07, 6.45) is 8.73. The molecule has 0 heterocycles. The molecule has 0 saturated heterocycles. The second kappa shape index (κ2) is 4.97. The molecule has 0 spiro atoms. The minimum absolute atomic E-state index is 0.421. The van der Waals surface area contributed by atoms with Crippen LogP contribution in [0.1, 0.15) is 58.3 Å². The van der Waals surface area contributed by atoms with E-state index in [0.717, 1.165) is 31.6 Å². The summed E-state index contributed by atoms with van der Waals surface area (Å²) in [6, 6.07) is 0.421. The first-order valence-corrected chi connectivity index (χ1v) is 7.04. The van der Waals surface area contributed by atoms with E-state index in [-0.39, 0.29) is 0 Å². The van der Waals surface area contributed by atoms with Crippen molar-refractivity contribution in [2.24, 2.45) is 5.92 Å². The zero-order chi connectivity index (χ0) is 12.5. The number of aliphatic carboxylic acids is 1. The SMILES string of the molecule is CC(C1CC1)N(C)C1(C(=O)O)CCCCCC1. The van der Waals surface area contributed by atoms with E-state index < -0.39 is 11.5 Å². The highest BCUT2D eigenvalue weighted by Crippen LogP contribution is 2.40. The van der Waals surface area contributed by atoms with Crippen LogP contribution >= 0.6 is 0 Å². The van der Waals surface area contributed by atoms with Crippen molar-refractivity contribution in [2.75, 3.05) is 7.05 Å². The van der Waals surface area contributed by atoms with Gasteiger partial charge in [0.15, 0.2) is 0 Å². The number of hydrogen-bond acceptors (Lipinski definition) is 2. The summed E-state index contributed by atoms with van der Waals surface area (Å²) in [5.74, 6) is 0.133. The molecule has 0 aromatic heterocycles. The predicted octanol–water partition coefficient (Wildman–Crippen LogP) is 2.89. The minimum Gasteiger partial charge on any atom is -0.480 e. The Hall–Kier alpha value is -0.570. The lowest BCUT2D eigenvalue weighted by atomic mass is 9.87. The van der Waals surface area contributed by atoms with Crippen LogP contribution in [0.4, 0.5) is 0 Å². The minimum atomic E-state index is -0.602. The summed E-state index contributed by atoms with van der Waals surface area (Å²) in [5.41, 5.74) is -0.585. The smallest absolute Gasteiger partial charge is 0.324 e. The van der Waals surface area contributed by atoms with Gasteiger partial charge in [-0.3, -0.25) is 9.69 Å². The molecule has 3 heteroatoms. The summed E-state index contributed by atoms with van der Waals surface area (Å²) in [5, 5.41) is 9.69. The Morgan fingerprint density at radius 2 is 1.76 bits per heavy atom. The molecule has 2 saturated carbocycles. The second-order valence-electron chi connectivity index (χ2n) is 5.94. The summed E-state index contributed by atoms with van der Waals surface area (Å²) >= 11 is 0. The summed E-state index contributed by atoms with van der Waals surface area (Å²) < 4.78 is 0. The zero-order valence-corrected chi connectivity index (χ0v) is 11.1. The van der Waals surface area contributed by atoms with Gasteiger partial charge in [-0.2, -0.15) is 0 Å². The maximum absolute atomic E-state index is 11.8. The molecule has 0 aromatic carbocycles. The first kappa shape index (κ1) is 12.9. The molecule has 2 fully saturated rings. The van der Waals surface area contributed by atoms with Crippen LogP contribution in [0, 0.1) is 5.92 Å². The number of nitrogens with zero attached hydrogens (tertiary/aromatic N) is 1. The van der Waals surface area contributed by atoms with Gasteiger partial charge in [0.1, 0.15) is 5.54 Å².